The normalized spacial score (nSPS) is 13.2. The van der Waals surface area contributed by atoms with Crippen LogP contribution in [0.2, 0.25) is 0 Å². The highest BCUT2D eigenvalue weighted by atomic mass is 32.1. The first-order chi connectivity index (χ1) is 14.0. The van der Waals surface area contributed by atoms with Crippen LogP contribution in [0.15, 0.2) is 41.4 Å². The molecule has 2 aromatic carbocycles. The highest BCUT2D eigenvalue weighted by molar-refractivity contribution is 7.16. The topological polar surface area (TPSA) is 81.9 Å². The first-order valence-electron chi connectivity index (χ1n) is 8.88. The molecule has 0 bridgehead atoms. The third-order valence-electron chi connectivity index (χ3n) is 4.24. The predicted molar refractivity (Wildman–Crippen MR) is 110 cm³/mol. The molecule has 146 valence electrons. The molecule has 7 nitrogen and oxygen atoms in total. The van der Waals surface area contributed by atoms with Crippen molar-refractivity contribution in [2.24, 2.45) is 4.99 Å². The number of carbonyl (C=O) groups excluding carboxylic acids is 2. The molecule has 8 heteroatoms. The van der Waals surface area contributed by atoms with Crippen molar-refractivity contribution < 1.29 is 19.1 Å². The summed E-state index contributed by atoms with van der Waals surface area (Å²) in [4.78, 5) is 28.8. The van der Waals surface area contributed by atoms with Crippen molar-refractivity contribution in [3.63, 3.8) is 0 Å². The van der Waals surface area contributed by atoms with Gasteiger partial charge in [0, 0.05) is 18.2 Å². The maximum Gasteiger partial charge on any atom is 0.279 e. The van der Waals surface area contributed by atoms with Crippen LogP contribution in [0.1, 0.15) is 17.3 Å². The van der Waals surface area contributed by atoms with Gasteiger partial charge in [0.15, 0.2) is 16.3 Å². The summed E-state index contributed by atoms with van der Waals surface area (Å²) in [5.41, 5.74) is 1.91. The lowest BCUT2D eigenvalue weighted by Gasteiger charge is -2.18. The van der Waals surface area contributed by atoms with E-state index in [1.165, 1.54) is 18.3 Å². The van der Waals surface area contributed by atoms with Crippen molar-refractivity contribution in [1.82, 2.24) is 4.57 Å². The van der Waals surface area contributed by atoms with Gasteiger partial charge in [0.05, 0.1) is 16.8 Å². The maximum absolute atomic E-state index is 12.8. The fourth-order valence-corrected chi connectivity index (χ4v) is 4.08. The summed E-state index contributed by atoms with van der Waals surface area (Å²) < 4.78 is 13.7. The molecule has 0 aliphatic carbocycles. The van der Waals surface area contributed by atoms with Crippen LogP contribution in [0.5, 0.6) is 11.5 Å². The van der Waals surface area contributed by atoms with Crippen LogP contribution in [0.25, 0.3) is 10.2 Å². The standard InChI is InChI=1S/C21H17N3O4S/c1-3-8-24-16-6-5-15(22-13(2)25)12-19(16)29-21(24)23-20(26)14-4-7-17-18(11-14)28-10-9-27-17/h1,4-7,11-12H,8-10H2,2H3,(H,22,25). The second-order valence-corrected chi connectivity index (χ2v) is 7.32. The Morgan fingerprint density at radius 1 is 1.21 bits per heavy atom. The predicted octanol–water partition coefficient (Wildman–Crippen LogP) is 2.81. The van der Waals surface area contributed by atoms with E-state index < -0.39 is 5.91 Å². The minimum Gasteiger partial charge on any atom is -0.486 e. The van der Waals surface area contributed by atoms with Crippen LogP contribution in [-0.2, 0) is 11.3 Å². The summed E-state index contributed by atoms with van der Waals surface area (Å²) in [7, 11) is 0. The SMILES string of the molecule is C#CCn1c(=NC(=O)c2ccc3c(c2)OCCO3)sc2cc(NC(C)=O)ccc21. The number of amides is 2. The van der Waals surface area contributed by atoms with Crippen molar-refractivity contribution in [1.29, 1.82) is 0 Å². The van der Waals surface area contributed by atoms with Gasteiger partial charge in [-0.25, -0.2) is 0 Å². The van der Waals surface area contributed by atoms with Crippen LogP contribution in [0, 0.1) is 12.3 Å². The smallest absolute Gasteiger partial charge is 0.279 e. The third kappa shape index (κ3) is 3.86. The molecule has 3 aromatic rings. The monoisotopic (exact) mass is 407 g/mol. The van der Waals surface area contributed by atoms with Crippen molar-refractivity contribution in [2.45, 2.75) is 13.5 Å². The second-order valence-electron chi connectivity index (χ2n) is 6.31. The van der Waals surface area contributed by atoms with E-state index in [1.807, 2.05) is 12.1 Å². The highest BCUT2D eigenvalue weighted by Gasteiger charge is 2.15. The number of carbonyl (C=O) groups is 2. The molecule has 1 N–H and O–H groups in total. The fraction of sp³-hybridized carbons (Fsp3) is 0.190. The molecular formula is C21H17N3O4S. The summed E-state index contributed by atoms with van der Waals surface area (Å²) in [6, 6.07) is 10.5. The van der Waals surface area contributed by atoms with E-state index in [0.29, 0.717) is 40.8 Å². The maximum atomic E-state index is 12.8. The molecule has 0 fully saturated rings. The molecule has 0 spiro atoms. The lowest BCUT2D eigenvalue weighted by Crippen LogP contribution is -2.17. The van der Waals surface area contributed by atoms with E-state index >= 15 is 0 Å². The zero-order chi connectivity index (χ0) is 20.4. The first kappa shape index (κ1) is 18.8. The van der Waals surface area contributed by atoms with Crippen LogP contribution < -0.4 is 19.6 Å². The van der Waals surface area contributed by atoms with E-state index in [1.54, 1.807) is 28.8 Å². The van der Waals surface area contributed by atoms with E-state index in [2.05, 4.69) is 16.2 Å². The number of hydrogen-bond donors (Lipinski definition) is 1. The van der Waals surface area contributed by atoms with Gasteiger partial charge in [-0.05, 0) is 36.4 Å². The largest absolute Gasteiger partial charge is 0.486 e. The third-order valence-corrected chi connectivity index (χ3v) is 5.28. The Hall–Kier alpha value is -3.57. The van der Waals surface area contributed by atoms with Crippen LogP contribution >= 0.6 is 11.3 Å². The van der Waals surface area contributed by atoms with Gasteiger partial charge in [0.2, 0.25) is 5.91 Å². The number of thiazole rings is 1. The van der Waals surface area contributed by atoms with Crippen molar-refractivity contribution in [3.05, 3.63) is 46.8 Å². The molecule has 29 heavy (non-hydrogen) atoms. The van der Waals surface area contributed by atoms with E-state index in [4.69, 9.17) is 15.9 Å². The van der Waals surface area contributed by atoms with Crippen LogP contribution in [0.3, 0.4) is 0 Å². The van der Waals surface area contributed by atoms with Crippen molar-refractivity contribution in [3.8, 4) is 23.8 Å². The zero-order valence-corrected chi connectivity index (χ0v) is 16.4. The molecule has 0 saturated carbocycles. The molecule has 1 aliphatic heterocycles. The summed E-state index contributed by atoms with van der Waals surface area (Å²) in [6.45, 7) is 2.65. The Balaban J connectivity index is 1.76. The Kier molecular flexibility index (Phi) is 5.06. The molecule has 0 unspecified atom stereocenters. The average Bonchev–Trinajstić information content (AvgIpc) is 3.03. The molecule has 0 atom stereocenters. The Morgan fingerprint density at radius 2 is 2.00 bits per heavy atom. The number of terminal acetylenes is 1. The summed E-state index contributed by atoms with van der Waals surface area (Å²) in [5.74, 6) is 3.18. The Morgan fingerprint density at radius 3 is 2.76 bits per heavy atom. The van der Waals surface area contributed by atoms with Gasteiger partial charge in [-0.1, -0.05) is 17.3 Å². The number of rotatable bonds is 3. The average molecular weight is 407 g/mol. The number of hydrogen-bond acceptors (Lipinski definition) is 5. The Bertz CT molecular complexity index is 1230. The number of aromatic nitrogens is 1. The van der Waals surface area contributed by atoms with E-state index in [0.717, 1.165) is 10.2 Å². The highest BCUT2D eigenvalue weighted by Crippen LogP contribution is 2.31. The van der Waals surface area contributed by atoms with Crippen LogP contribution in [-0.4, -0.2) is 29.6 Å². The Labute approximate surface area is 170 Å². The number of anilines is 1. The van der Waals surface area contributed by atoms with Gasteiger partial charge < -0.3 is 19.4 Å². The second kappa shape index (κ2) is 7.81. The number of fused-ring (bicyclic) bond motifs is 2. The zero-order valence-electron chi connectivity index (χ0n) is 15.6. The van der Waals surface area contributed by atoms with Gasteiger partial charge in [0.1, 0.15) is 13.2 Å². The van der Waals surface area contributed by atoms with Gasteiger partial charge in [-0.3, -0.25) is 9.59 Å². The van der Waals surface area contributed by atoms with Crippen LogP contribution in [0.4, 0.5) is 5.69 Å². The molecule has 1 aromatic heterocycles. The van der Waals surface area contributed by atoms with Gasteiger partial charge in [0.25, 0.3) is 5.91 Å². The summed E-state index contributed by atoms with van der Waals surface area (Å²) in [5, 5.41) is 2.75. The minimum atomic E-state index is -0.401. The van der Waals surface area contributed by atoms with Crippen molar-refractivity contribution in [2.75, 3.05) is 18.5 Å². The van der Waals surface area contributed by atoms with E-state index in [-0.39, 0.29) is 12.5 Å². The number of nitrogens with zero attached hydrogens (tertiary/aromatic N) is 2. The van der Waals surface area contributed by atoms with Gasteiger partial charge >= 0.3 is 0 Å². The molecule has 2 amide bonds. The summed E-state index contributed by atoms with van der Waals surface area (Å²) >= 11 is 1.33. The minimum absolute atomic E-state index is 0.156. The number of ether oxygens (including phenoxy) is 2. The lowest BCUT2D eigenvalue weighted by atomic mass is 10.2. The molecule has 1 aliphatic rings. The molecule has 2 heterocycles. The van der Waals surface area contributed by atoms with Gasteiger partial charge in [-0.15, -0.1) is 6.42 Å². The first-order valence-corrected chi connectivity index (χ1v) is 9.70. The fourth-order valence-electron chi connectivity index (χ4n) is 3.01. The molecule has 4 rings (SSSR count). The van der Waals surface area contributed by atoms with E-state index in [9.17, 15) is 9.59 Å². The quantitative estimate of drug-likeness (QED) is 0.677. The molecular weight excluding hydrogens is 390 g/mol. The molecule has 0 radical (unpaired) electrons. The van der Waals surface area contributed by atoms with Crippen molar-refractivity contribution >= 4 is 39.1 Å². The molecule has 0 saturated heterocycles. The number of benzene rings is 2. The van der Waals surface area contributed by atoms with Gasteiger partial charge in [-0.2, -0.15) is 4.99 Å². The summed E-state index contributed by atoms with van der Waals surface area (Å²) in [6.07, 6.45) is 5.51. The lowest BCUT2D eigenvalue weighted by molar-refractivity contribution is -0.114. The number of nitrogens with one attached hydrogen (secondary N) is 1.